The zero-order valence-electron chi connectivity index (χ0n) is 22.4. The number of benzene rings is 2. The van der Waals surface area contributed by atoms with E-state index in [-0.39, 0.29) is 29.8 Å². The number of rotatable bonds is 7. The molecular formula is C27H32F5N3O6. The minimum absolute atomic E-state index is 0.0627. The number of anilines is 1. The number of aliphatic hydroxyl groups is 1. The number of carbonyl (C=O) groups is 2. The third-order valence-electron chi connectivity index (χ3n) is 7.47. The molecule has 0 radical (unpaired) electrons. The molecule has 2 fully saturated rings. The van der Waals surface area contributed by atoms with E-state index >= 15 is 0 Å². The van der Waals surface area contributed by atoms with Gasteiger partial charge in [-0.3, -0.25) is 4.90 Å². The first-order valence-electron chi connectivity index (χ1n) is 12.7. The number of likely N-dealkylation sites (tertiary alicyclic amines) is 1. The Morgan fingerprint density at radius 2 is 1.73 bits per heavy atom. The van der Waals surface area contributed by atoms with Crippen LogP contribution >= 0.6 is 0 Å². The van der Waals surface area contributed by atoms with Crippen molar-refractivity contribution in [3.05, 3.63) is 53.6 Å². The van der Waals surface area contributed by atoms with Gasteiger partial charge in [0.25, 0.3) is 0 Å². The first kappa shape index (κ1) is 31.9. The second kappa shape index (κ2) is 13.3. The molecule has 2 aromatic carbocycles. The molecule has 2 aliphatic rings. The number of nitrogens with one attached hydrogen (secondary N) is 2. The van der Waals surface area contributed by atoms with Crippen molar-refractivity contribution in [3.8, 4) is 11.5 Å². The average Bonchev–Trinajstić information content (AvgIpc) is 3.29. The van der Waals surface area contributed by atoms with Crippen LogP contribution in [0.5, 0.6) is 11.5 Å². The summed E-state index contributed by atoms with van der Waals surface area (Å²) in [6, 6.07) is 8.88. The molecule has 1 aliphatic carbocycles. The standard InChI is InChI=1S/C25H31F2N3O4.C2HF3O2/c1-33-21-6-3-16(13-22(21)34-2)25-8-7-18(15-23(25)30(10-9-25)11-12-31)29-24(32)28-17-4-5-19(26)20(27)14-17;3-2(4,5)1(6)7/h3-6,13-14,18,23,31H,7-12,15H2,1-2H3,(H2,28,29,32);(H,6,7)/t18-,23+,25+;/m1./s1. The maximum absolute atomic E-state index is 13.5. The van der Waals surface area contributed by atoms with E-state index in [2.05, 4.69) is 21.6 Å². The predicted octanol–water partition coefficient (Wildman–Crippen LogP) is 4.29. The highest BCUT2D eigenvalue weighted by atomic mass is 19.4. The largest absolute Gasteiger partial charge is 0.493 e. The number of aliphatic carboxylic acids is 1. The van der Waals surface area contributed by atoms with E-state index in [0.29, 0.717) is 24.5 Å². The van der Waals surface area contributed by atoms with Crippen LogP contribution in [0.4, 0.5) is 32.4 Å². The van der Waals surface area contributed by atoms with E-state index in [1.165, 1.54) is 11.6 Å². The highest BCUT2D eigenvalue weighted by Crippen LogP contribution is 2.50. The van der Waals surface area contributed by atoms with E-state index < -0.39 is 29.8 Å². The predicted molar refractivity (Wildman–Crippen MR) is 138 cm³/mol. The highest BCUT2D eigenvalue weighted by molar-refractivity contribution is 5.89. The van der Waals surface area contributed by atoms with Crippen LogP contribution in [0.25, 0.3) is 0 Å². The number of hydrogen-bond acceptors (Lipinski definition) is 6. The number of carboxylic acid groups (broad SMARTS) is 1. The van der Waals surface area contributed by atoms with E-state index in [1.807, 2.05) is 12.1 Å². The molecule has 226 valence electrons. The molecule has 1 saturated heterocycles. The van der Waals surface area contributed by atoms with Crippen LogP contribution in [0.15, 0.2) is 36.4 Å². The third kappa shape index (κ3) is 7.55. The number of hydrogen-bond donors (Lipinski definition) is 4. The minimum atomic E-state index is -5.08. The number of β-amino-alcohol motifs (C(OH)–C–C–N with tert-alkyl or cyclic N) is 1. The summed E-state index contributed by atoms with van der Waals surface area (Å²) < 4.78 is 69.3. The van der Waals surface area contributed by atoms with Crippen molar-refractivity contribution in [2.45, 2.75) is 49.4 Å². The van der Waals surface area contributed by atoms with Gasteiger partial charge in [-0.2, -0.15) is 13.2 Å². The number of ether oxygens (including phenoxy) is 2. The first-order valence-corrected chi connectivity index (χ1v) is 12.7. The van der Waals surface area contributed by atoms with Crippen molar-refractivity contribution in [2.24, 2.45) is 0 Å². The molecule has 4 N–H and O–H groups in total. The number of carbonyl (C=O) groups excluding carboxylic acids is 1. The van der Waals surface area contributed by atoms with Gasteiger partial charge >= 0.3 is 18.2 Å². The molecule has 4 rings (SSSR count). The lowest BCUT2D eigenvalue weighted by molar-refractivity contribution is -0.192. The number of nitrogens with zero attached hydrogens (tertiary/aromatic N) is 1. The Morgan fingerprint density at radius 1 is 1.05 bits per heavy atom. The Morgan fingerprint density at radius 3 is 2.32 bits per heavy atom. The van der Waals surface area contributed by atoms with Gasteiger partial charge in [0.15, 0.2) is 23.1 Å². The fourth-order valence-corrected chi connectivity index (χ4v) is 5.58. The lowest BCUT2D eigenvalue weighted by Crippen LogP contribution is -2.53. The number of carboxylic acids is 1. The number of methoxy groups -OCH3 is 2. The van der Waals surface area contributed by atoms with E-state index in [0.717, 1.165) is 37.9 Å². The van der Waals surface area contributed by atoms with Crippen molar-refractivity contribution < 1.29 is 51.2 Å². The van der Waals surface area contributed by atoms with Crippen LogP contribution in [-0.2, 0) is 10.2 Å². The molecular weight excluding hydrogens is 557 g/mol. The van der Waals surface area contributed by atoms with Gasteiger partial charge in [0, 0.05) is 35.8 Å². The van der Waals surface area contributed by atoms with Crippen LogP contribution in [0.1, 0.15) is 31.2 Å². The monoisotopic (exact) mass is 589 g/mol. The molecule has 0 aromatic heterocycles. The molecule has 0 bridgehead atoms. The third-order valence-corrected chi connectivity index (χ3v) is 7.47. The molecule has 0 unspecified atom stereocenters. The number of amides is 2. The van der Waals surface area contributed by atoms with Gasteiger partial charge in [-0.25, -0.2) is 18.4 Å². The highest BCUT2D eigenvalue weighted by Gasteiger charge is 2.51. The van der Waals surface area contributed by atoms with Crippen LogP contribution < -0.4 is 20.1 Å². The summed E-state index contributed by atoms with van der Waals surface area (Å²) >= 11 is 0. The van der Waals surface area contributed by atoms with Crippen molar-refractivity contribution in [2.75, 3.05) is 39.2 Å². The summed E-state index contributed by atoms with van der Waals surface area (Å²) in [5, 5.41) is 22.3. The van der Waals surface area contributed by atoms with E-state index in [9.17, 15) is 31.9 Å². The minimum Gasteiger partial charge on any atom is -0.493 e. The summed E-state index contributed by atoms with van der Waals surface area (Å²) in [5.41, 5.74) is 1.23. The van der Waals surface area contributed by atoms with Crippen LogP contribution in [0.3, 0.4) is 0 Å². The van der Waals surface area contributed by atoms with Gasteiger partial charge in [0.2, 0.25) is 0 Å². The summed E-state index contributed by atoms with van der Waals surface area (Å²) in [5.74, 6) is -3.38. The zero-order chi connectivity index (χ0) is 30.4. The number of urea groups is 1. The summed E-state index contributed by atoms with van der Waals surface area (Å²) in [6.07, 6.45) is -1.81. The number of aliphatic hydroxyl groups excluding tert-OH is 1. The SMILES string of the molecule is COc1ccc([C@@]23CC[C@@H](NC(=O)Nc4ccc(F)c(F)c4)C[C@@H]2N(CCO)CC3)cc1OC.O=C(O)C(F)(F)F. The molecule has 14 heteroatoms. The lowest BCUT2D eigenvalue weighted by Gasteiger charge is -2.45. The molecule has 9 nitrogen and oxygen atoms in total. The van der Waals surface area contributed by atoms with Gasteiger partial charge in [-0.15, -0.1) is 0 Å². The van der Waals surface area contributed by atoms with Crippen LogP contribution in [0, 0.1) is 11.6 Å². The van der Waals surface area contributed by atoms with Gasteiger partial charge in [-0.1, -0.05) is 6.07 Å². The van der Waals surface area contributed by atoms with Crippen LogP contribution in [0.2, 0.25) is 0 Å². The molecule has 1 aliphatic heterocycles. The Hall–Kier alpha value is -3.65. The zero-order valence-corrected chi connectivity index (χ0v) is 22.4. The van der Waals surface area contributed by atoms with Crippen LogP contribution in [-0.4, -0.2) is 79.3 Å². The summed E-state index contributed by atoms with van der Waals surface area (Å²) in [6.45, 7) is 1.48. The molecule has 1 saturated carbocycles. The van der Waals surface area contributed by atoms with Crippen molar-refractivity contribution in [3.63, 3.8) is 0 Å². The van der Waals surface area contributed by atoms with Crippen molar-refractivity contribution >= 4 is 17.7 Å². The Kier molecular flexibility index (Phi) is 10.4. The fraction of sp³-hybridized carbons (Fsp3) is 0.481. The van der Waals surface area contributed by atoms with Gasteiger partial charge in [0.1, 0.15) is 0 Å². The van der Waals surface area contributed by atoms with Crippen molar-refractivity contribution in [1.82, 2.24) is 10.2 Å². The summed E-state index contributed by atoms with van der Waals surface area (Å²) in [4.78, 5) is 23.7. The Bertz CT molecular complexity index is 1230. The van der Waals surface area contributed by atoms with Crippen molar-refractivity contribution in [1.29, 1.82) is 0 Å². The van der Waals surface area contributed by atoms with E-state index in [1.54, 1.807) is 14.2 Å². The number of fused-ring (bicyclic) bond motifs is 1. The smallest absolute Gasteiger partial charge is 0.490 e. The molecule has 0 spiro atoms. The van der Waals surface area contributed by atoms with E-state index in [4.69, 9.17) is 19.4 Å². The quantitative estimate of drug-likeness (QED) is 0.356. The average molecular weight is 590 g/mol. The number of alkyl halides is 3. The molecule has 41 heavy (non-hydrogen) atoms. The Labute approximate surface area is 233 Å². The maximum Gasteiger partial charge on any atom is 0.490 e. The summed E-state index contributed by atoms with van der Waals surface area (Å²) in [7, 11) is 3.23. The topological polar surface area (TPSA) is 120 Å². The van der Waals surface area contributed by atoms with Gasteiger partial charge in [-0.05, 0) is 62.1 Å². The first-order chi connectivity index (χ1) is 19.3. The van der Waals surface area contributed by atoms with Gasteiger partial charge in [0.05, 0.1) is 20.8 Å². The Balaban J connectivity index is 0.000000587. The molecule has 1 heterocycles. The fourth-order valence-electron chi connectivity index (χ4n) is 5.58. The molecule has 2 aromatic rings. The number of halogens is 5. The second-order valence-corrected chi connectivity index (χ2v) is 9.75. The molecule has 2 amide bonds. The second-order valence-electron chi connectivity index (χ2n) is 9.75. The normalized spacial score (nSPS) is 22.1. The molecule has 3 atom stereocenters. The van der Waals surface area contributed by atoms with Gasteiger partial charge < -0.3 is 30.3 Å². The lowest BCUT2D eigenvalue weighted by atomic mass is 9.65. The maximum atomic E-state index is 13.5.